The molecule has 0 unspecified atom stereocenters. The zero-order valence-corrected chi connectivity index (χ0v) is 14.0. The SMILES string of the molecule is CC(C)(C)n1ccnc1NC(=O)N(S)c1ccc(C(N)=O)cc1. The molecule has 1 aromatic carbocycles. The number of primary amides is 1. The van der Waals surface area contributed by atoms with Gasteiger partial charge in [-0.3, -0.25) is 10.1 Å². The molecule has 0 fully saturated rings. The Labute approximate surface area is 140 Å². The maximum absolute atomic E-state index is 12.3. The molecule has 0 aliphatic heterocycles. The highest BCUT2D eigenvalue weighted by atomic mass is 32.1. The lowest BCUT2D eigenvalue weighted by atomic mass is 10.1. The second-order valence-electron chi connectivity index (χ2n) is 5.94. The summed E-state index contributed by atoms with van der Waals surface area (Å²) in [6.45, 7) is 6.02. The number of nitrogens with zero attached hydrogens (tertiary/aromatic N) is 3. The van der Waals surface area contributed by atoms with Crippen LogP contribution >= 0.6 is 12.8 Å². The van der Waals surface area contributed by atoms with E-state index in [-0.39, 0.29) is 5.54 Å². The topological polar surface area (TPSA) is 93.2 Å². The number of nitrogens with two attached hydrogens (primary N) is 1. The van der Waals surface area contributed by atoms with Crippen LogP contribution in [-0.2, 0) is 5.54 Å². The molecule has 0 spiro atoms. The minimum absolute atomic E-state index is 0.219. The Balaban J connectivity index is 2.14. The van der Waals surface area contributed by atoms with E-state index in [0.717, 1.165) is 4.31 Å². The minimum atomic E-state index is -0.529. The molecule has 3 N–H and O–H groups in total. The van der Waals surface area contributed by atoms with Crippen LogP contribution in [0.3, 0.4) is 0 Å². The van der Waals surface area contributed by atoms with E-state index in [4.69, 9.17) is 5.73 Å². The average molecular weight is 333 g/mol. The number of thiol groups is 1. The second-order valence-corrected chi connectivity index (χ2v) is 6.34. The molecule has 0 bridgehead atoms. The van der Waals surface area contributed by atoms with Crippen molar-refractivity contribution in [2.24, 2.45) is 5.73 Å². The van der Waals surface area contributed by atoms with E-state index in [1.807, 2.05) is 25.3 Å². The first kappa shape index (κ1) is 16.9. The van der Waals surface area contributed by atoms with Crippen LogP contribution in [0, 0.1) is 0 Å². The Hall–Kier alpha value is -2.48. The van der Waals surface area contributed by atoms with Gasteiger partial charge in [0.25, 0.3) is 0 Å². The number of carbonyl (C=O) groups is 2. The van der Waals surface area contributed by atoms with Crippen molar-refractivity contribution >= 4 is 36.4 Å². The van der Waals surface area contributed by atoms with Gasteiger partial charge in [-0.05, 0) is 45.0 Å². The van der Waals surface area contributed by atoms with Crippen molar-refractivity contribution in [3.63, 3.8) is 0 Å². The first-order valence-electron chi connectivity index (χ1n) is 6.94. The van der Waals surface area contributed by atoms with E-state index >= 15 is 0 Å². The molecule has 0 saturated heterocycles. The quantitative estimate of drug-likeness (QED) is 0.754. The fourth-order valence-corrected chi connectivity index (χ4v) is 2.15. The number of carbonyl (C=O) groups excluding carboxylic acids is 2. The van der Waals surface area contributed by atoms with E-state index in [9.17, 15) is 9.59 Å². The lowest BCUT2D eigenvalue weighted by Crippen LogP contribution is -2.31. The molecule has 0 radical (unpaired) electrons. The first-order valence-corrected chi connectivity index (χ1v) is 7.34. The van der Waals surface area contributed by atoms with Crippen LogP contribution in [-0.4, -0.2) is 21.5 Å². The number of urea groups is 1. The Kier molecular flexibility index (Phi) is 4.65. The van der Waals surface area contributed by atoms with Crippen LogP contribution in [0.15, 0.2) is 36.7 Å². The number of amides is 3. The third-order valence-electron chi connectivity index (χ3n) is 3.17. The molecule has 0 saturated carbocycles. The molecule has 1 aromatic heterocycles. The fraction of sp³-hybridized carbons (Fsp3) is 0.267. The van der Waals surface area contributed by atoms with Crippen molar-refractivity contribution in [2.45, 2.75) is 26.3 Å². The Morgan fingerprint density at radius 2 is 1.87 bits per heavy atom. The third-order valence-corrected chi connectivity index (χ3v) is 3.58. The Bertz CT molecular complexity index is 718. The summed E-state index contributed by atoms with van der Waals surface area (Å²) < 4.78 is 2.98. The average Bonchev–Trinajstić information content (AvgIpc) is 2.94. The van der Waals surface area contributed by atoms with Crippen molar-refractivity contribution < 1.29 is 9.59 Å². The van der Waals surface area contributed by atoms with Crippen LogP contribution in [0.1, 0.15) is 31.1 Å². The first-order chi connectivity index (χ1) is 10.7. The Morgan fingerprint density at radius 3 is 2.39 bits per heavy atom. The highest BCUT2D eigenvalue weighted by Gasteiger charge is 2.20. The molecule has 0 aliphatic carbocycles. The summed E-state index contributed by atoms with van der Waals surface area (Å²) in [6.07, 6.45) is 3.41. The normalized spacial score (nSPS) is 11.1. The fourth-order valence-electron chi connectivity index (χ4n) is 1.97. The summed E-state index contributed by atoms with van der Waals surface area (Å²) in [5.41, 5.74) is 5.83. The summed E-state index contributed by atoms with van der Waals surface area (Å²) in [6, 6.07) is 5.78. The molecule has 2 rings (SSSR count). The molecular weight excluding hydrogens is 314 g/mol. The lowest BCUT2D eigenvalue weighted by molar-refractivity contribution is 0.100. The molecule has 122 valence electrons. The smallest absolute Gasteiger partial charge is 0.338 e. The largest absolute Gasteiger partial charge is 0.366 e. The number of hydrogen-bond donors (Lipinski definition) is 3. The van der Waals surface area contributed by atoms with E-state index in [1.165, 1.54) is 12.1 Å². The van der Waals surface area contributed by atoms with E-state index in [1.54, 1.807) is 24.5 Å². The second kappa shape index (κ2) is 6.33. The van der Waals surface area contributed by atoms with Crippen molar-refractivity contribution in [1.82, 2.24) is 9.55 Å². The van der Waals surface area contributed by atoms with Gasteiger partial charge in [0.2, 0.25) is 11.9 Å². The Morgan fingerprint density at radius 1 is 1.26 bits per heavy atom. The van der Waals surface area contributed by atoms with Crippen LogP contribution in [0.2, 0.25) is 0 Å². The molecular formula is C15H19N5O2S. The number of imidazole rings is 1. The highest BCUT2D eigenvalue weighted by Crippen LogP contribution is 2.22. The van der Waals surface area contributed by atoms with Gasteiger partial charge < -0.3 is 10.3 Å². The maximum atomic E-state index is 12.3. The number of anilines is 2. The van der Waals surface area contributed by atoms with Gasteiger partial charge >= 0.3 is 6.03 Å². The van der Waals surface area contributed by atoms with Crippen LogP contribution in [0.5, 0.6) is 0 Å². The predicted molar refractivity (Wildman–Crippen MR) is 92.7 cm³/mol. The van der Waals surface area contributed by atoms with Crippen LogP contribution < -0.4 is 15.4 Å². The van der Waals surface area contributed by atoms with Gasteiger partial charge in [-0.2, -0.15) is 0 Å². The van der Waals surface area contributed by atoms with E-state index in [0.29, 0.717) is 17.2 Å². The van der Waals surface area contributed by atoms with Gasteiger partial charge in [0.15, 0.2) is 0 Å². The zero-order valence-electron chi connectivity index (χ0n) is 13.1. The van der Waals surface area contributed by atoms with Crippen molar-refractivity contribution in [3.05, 3.63) is 42.2 Å². The summed E-state index contributed by atoms with van der Waals surface area (Å²) in [4.78, 5) is 27.5. The molecule has 0 atom stereocenters. The number of hydrogen-bond acceptors (Lipinski definition) is 4. The summed E-state index contributed by atoms with van der Waals surface area (Å²) in [5, 5.41) is 2.70. The molecule has 7 nitrogen and oxygen atoms in total. The van der Waals surface area contributed by atoms with Crippen LogP contribution in [0.25, 0.3) is 0 Å². The zero-order chi connectivity index (χ0) is 17.2. The number of benzene rings is 1. The summed E-state index contributed by atoms with van der Waals surface area (Å²) >= 11 is 4.19. The highest BCUT2D eigenvalue weighted by molar-refractivity contribution is 7.82. The summed E-state index contributed by atoms with van der Waals surface area (Å²) in [7, 11) is 0. The van der Waals surface area contributed by atoms with Gasteiger partial charge in [0.05, 0.1) is 5.69 Å². The molecule has 0 aliphatic rings. The van der Waals surface area contributed by atoms with Crippen LogP contribution in [0.4, 0.5) is 16.4 Å². The van der Waals surface area contributed by atoms with Gasteiger partial charge in [-0.25, -0.2) is 14.1 Å². The van der Waals surface area contributed by atoms with Gasteiger partial charge in [0, 0.05) is 23.5 Å². The maximum Gasteiger partial charge on any atom is 0.338 e. The number of nitrogens with one attached hydrogen (secondary N) is 1. The summed E-state index contributed by atoms with van der Waals surface area (Å²) in [5.74, 6) is -0.103. The van der Waals surface area contributed by atoms with Gasteiger partial charge in [-0.15, -0.1) is 0 Å². The molecule has 3 amide bonds. The van der Waals surface area contributed by atoms with Gasteiger partial charge in [0.1, 0.15) is 0 Å². The van der Waals surface area contributed by atoms with Crippen molar-refractivity contribution in [3.8, 4) is 0 Å². The number of rotatable bonds is 3. The van der Waals surface area contributed by atoms with Crippen molar-refractivity contribution in [2.75, 3.05) is 9.62 Å². The monoisotopic (exact) mass is 333 g/mol. The van der Waals surface area contributed by atoms with E-state index < -0.39 is 11.9 Å². The molecule has 23 heavy (non-hydrogen) atoms. The standard InChI is InChI=1S/C15H19N5O2S/c1-15(2,3)19-9-8-17-13(19)18-14(22)20(23)11-6-4-10(5-7-11)12(16)21/h4-9,23H,1-3H3,(H2,16,21)(H,17,18,22). The third kappa shape index (κ3) is 3.84. The molecule has 8 heteroatoms. The van der Waals surface area contributed by atoms with Gasteiger partial charge in [-0.1, -0.05) is 12.8 Å². The molecule has 2 aromatic rings. The molecule has 1 heterocycles. The van der Waals surface area contributed by atoms with Crippen molar-refractivity contribution in [1.29, 1.82) is 0 Å². The minimum Gasteiger partial charge on any atom is -0.366 e. The lowest BCUT2D eigenvalue weighted by Gasteiger charge is -2.24. The number of aromatic nitrogens is 2. The van der Waals surface area contributed by atoms with E-state index in [2.05, 4.69) is 23.1 Å². The predicted octanol–water partition coefficient (Wildman–Crippen LogP) is 2.62.